The van der Waals surface area contributed by atoms with Crippen LogP contribution in [0.15, 0.2) is 48.6 Å². The van der Waals surface area contributed by atoms with Crippen molar-refractivity contribution in [3.63, 3.8) is 0 Å². The number of unbranched alkanes of at least 4 members (excludes halogenated alkanes) is 2. The summed E-state index contributed by atoms with van der Waals surface area (Å²) in [6, 6.07) is 0. The van der Waals surface area contributed by atoms with Crippen LogP contribution in [0, 0.1) is 5.92 Å². The normalized spacial score (nSPS) is 12.7. The molecular weight excluding hydrogens is 284 g/mol. The van der Waals surface area contributed by atoms with Gasteiger partial charge in [-0.15, -0.1) is 0 Å². The van der Waals surface area contributed by atoms with Crippen molar-refractivity contribution in [1.82, 2.24) is 0 Å². The first-order chi connectivity index (χ1) is 11.1. The first-order valence-electron chi connectivity index (χ1n) is 8.94. The molecule has 2 nitrogen and oxygen atoms in total. The SMILES string of the molecule is CC(C)CCC/C=C\C/C=C\C/C=C\C/C=C\CCCC(=O)O. The van der Waals surface area contributed by atoms with Gasteiger partial charge in [0, 0.05) is 6.42 Å². The lowest BCUT2D eigenvalue weighted by molar-refractivity contribution is -0.137. The second-order valence-corrected chi connectivity index (χ2v) is 6.20. The molecule has 0 saturated carbocycles. The summed E-state index contributed by atoms with van der Waals surface area (Å²) in [6.07, 6.45) is 26.0. The minimum Gasteiger partial charge on any atom is -0.481 e. The van der Waals surface area contributed by atoms with E-state index < -0.39 is 5.97 Å². The van der Waals surface area contributed by atoms with Gasteiger partial charge in [0.25, 0.3) is 0 Å². The Kier molecular flexibility index (Phi) is 15.6. The monoisotopic (exact) mass is 318 g/mol. The van der Waals surface area contributed by atoms with Crippen LogP contribution in [0.5, 0.6) is 0 Å². The fourth-order valence-corrected chi connectivity index (χ4v) is 2.06. The summed E-state index contributed by atoms with van der Waals surface area (Å²) in [4.78, 5) is 10.3. The third kappa shape index (κ3) is 20.4. The number of carbonyl (C=O) groups is 1. The standard InChI is InChI=1S/C21H34O2/c1-20(2)18-16-14-12-10-8-6-4-3-5-7-9-11-13-15-17-19-21(22)23/h4-7,10-13,20H,3,8-9,14-19H2,1-2H3,(H,22,23)/b6-4-,7-5-,12-10-,13-11-. The van der Waals surface area contributed by atoms with E-state index in [0.29, 0.717) is 0 Å². The van der Waals surface area contributed by atoms with Crippen molar-refractivity contribution < 1.29 is 9.90 Å². The maximum atomic E-state index is 10.3. The van der Waals surface area contributed by atoms with Crippen LogP contribution in [0.3, 0.4) is 0 Å². The predicted molar refractivity (Wildman–Crippen MR) is 101 cm³/mol. The Labute approximate surface area is 142 Å². The maximum absolute atomic E-state index is 10.3. The number of hydrogen-bond acceptors (Lipinski definition) is 1. The molecule has 0 spiro atoms. The quantitative estimate of drug-likeness (QED) is 0.294. The number of aliphatic carboxylic acids is 1. The third-order valence-electron chi connectivity index (χ3n) is 3.40. The zero-order chi connectivity index (χ0) is 17.2. The number of allylic oxidation sites excluding steroid dienone is 8. The Morgan fingerprint density at radius 2 is 1.22 bits per heavy atom. The summed E-state index contributed by atoms with van der Waals surface area (Å²) in [7, 11) is 0. The predicted octanol–water partition coefficient (Wildman–Crippen LogP) is 6.46. The Hall–Kier alpha value is -1.57. The van der Waals surface area contributed by atoms with E-state index in [-0.39, 0.29) is 6.42 Å². The molecule has 0 fully saturated rings. The number of rotatable bonds is 14. The van der Waals surface area contributed by atoms with Crippen LogP contribution >= 0.6 is 0 Å². The van der Waals surface area contributed by atoms with E-state index in [1.54, 1.807) is 0 Å². The van der Waals surface area contributed by atoms with Crippen LogP contribution in [0.2, 0.25) is 0 Å². The highest BCUT2D eigenvalue weighted by Crippen LogP contribution is 2.06. The van der Waals surface area contributed by atoms with Crippen molar-refractivity contribution in [2.24, 2.45) is 5.92 Å². The molecule has 0 amide bonds. The summed E-state index contributed by atoms with van der Waals surface area (Å²) in [5, 5.41) is 8.50. The summed E-state index contributed by atoms with van der Waals surface area (Å²) in [6.45, 7) is 4.55. The van der Waals surface area contributed by atoms with E-state index in [4.69, 9.17) is 5.11 Å². The van der Waals surface area contributed by atoms with Crippen molar-refractivity contribution in [2.45, 2.75) is 71.6 Å². The van der Waals surface area contributed by atoms with Crippen molar-refractivity contribution in [2.75, 3.05) is 0 Å². The zero-order valence-electron chi connectivity index (χ0n) is 14.9. The first-order valence-corrected chi connectivity index (χ1v) is 8.94. The minimum atomic E-state index is -0.713. The van der Waals surface area contributed by atoms with Gasteiger partial charge in [0.2, 0.25) is 0 Å². The van der Waals surface area contributed by atoms with E-state index in [9.17, 15) is 4.79 Å². The van der Waals surface area contributed by atoms with Crippen LogP contribution in [0.1, 0.15) is 71.6 Å². The van der Waals surface area contributed by atoms with E-state index >= 15 is 0 Å². The summed E-state index contributed by atoms with van der Waals surface area (Å²) in [5.41, 5.74) is 0. The van der Waals surface area contributed by atoms with Gasteiger partial charge in [0.1, 0.15) is 0 Å². The summed E-state index contributed by atoms with van der Waals surface area (Å²) < 4.78 is 0. The van der Waals surface area contributed by atoms with Gasteiger partial charge in [-0.05, 0) is 50.9 Å². The van der Waals surface area contributed by atoms with Crippen LogP contribution in [-0.4, -0.2) is 11.1 Å². The fraction of sp³-hybridized carbons (Fsp3) is 0.571. The summed E-state index contributed by atoms with van der Waals surface area (Å²) >= 11 is 0. The molecule has 0 aromatic rings. The van der Waals surface area contributed by atoms with Gasteiger partial charge >= 0.3 is 5.97 Å². The smallest absolute Gasteiger partial charge is 0.303 e. The van der Waals surface area contributed by atoms with Crippen molar-refractivity contribution in [3.8, 4) is 0 Å². The molecule has 0 unspecified atom stereocenters. The molecule has 0 saturated heterocycles. The van der Waals surface area contributed by atoms with Gasteiger partial charge in [0.05, 0.1) is 0 Å². The number of carboxylic acid groups (broad SMARTS) is 1. The molecule has 0 aromatic heterocycles. The molecule has 23 heavy (non-hydrogen) atoms. The molecule has 0 aliphatic heterocycles. The second-order valence-electron chi connectivity index (χ2n) is 6.20. The molecular formula is C21H34O2. The minimum absolute atomic E-state index is 0.261. The first kappa shape index (κ1) is 21.4. The Morgan fingerprint density at radius 3 is 1.65 bits per heavy atom. The number of hydrogen-bond donors (Lipinski definition) is 1. The molecule has 0 atom stereocenters. The van der Waals surface area contributed by atoms with Gasteiger partial charge < -0.3 is 5.11 Å². The molecule has 2 heteroatoms. The molecule has 0 bridgehead atoms. The van der Waals surface area contributed by atoms with E-state index in [1.165, 1.54) is 19.3 Å². The lowest BCUT2D eigenvalue weighted by Crippen LogP contribution is -1.92. The Balaban J connectivity index is 3.43. The Morgan fingerprint density at radius 1 is 0.783 bits per heavy atom. The van der Waals surface area contributed by atoms with Crippen LogP contribution < -0.4 is 0 Å². The lowest BCUT2D eigenvalue weighted by Gasteiger charge is -2.00. The largest absolute Gasteiger partial charge is 0.481 e. The van der Waals surface area contributed by atoms with E-state index in [2.05, 4.69) is 62.5 Å². The van der Waals surface area contributed by atoms with Crippen molar-refractivity contribution >= 4 is 5.97 Å². The molecule has 0 rings (SSSR count). The molecule has 0 radical (unpaired) electrons. The molecule has 130 valence electrons. The lowest BCUT2D eigenvalue weighted by atomic mass is 10.1. The van der Waals surface area contributed by atoms with Crippen molar-refractivity contribution in [3.05, 3.63) is 48.6 Å². The Bertz CT molecular complexity index is 387. The molecule has 1 N–H and O–H groups in total. The second kappa shape index (κ2) is 16.8. The highest BCUT2D eigenvalue weighted by Gasteiger charge is 1.92. The highest BCUT2D eigenvalue weighted by atomic mass is 16.4. The maximum Gasteiger partial charge on any atom is 0.303 e. The topological polar surface area (TPSA) is 37.3 Å². The van der Waals surface area contributed by atoms with Crippen LogP contribution in [-0.2, 0) is 4.79 Å². The highest BCUT2D eigenvalue weighted by molar-refractivity contribution is 5.66. The van der Waals surface area contributed by atoms with Gasteiger partial charge in [-0.2, -0.15) is 0 Å². The molecule has 0 aliphatic carbocycles. The summed E-state index contributed by atoms with van der Waals surface area (Å²) in [5.74, 6) is 0.102. The van der Waals surface area contributed by atoms with Crippen LogP contribution in [0.4, 0.5) is 0 Å². The van der Waals surface area contributed by atoms with Crippen molar-refractivity contribution in [1.29, 1.82) is 0 Å². The van der Waals surface area contributed by atoms with Gasteiger partial charge in [-0.1, -0.05) is 68.9 Å². The third-order valence-corrected chi connectivity index (χ3v) is 3.40. The average Bonchev–Trinajstić information content (AvgIpc) is 2.49. The average molecular weight is 319 g/mol. The van der Waals surface area contributed by atoms with Gasteiger partial charge in [0.15, 0.2) is 0 Å². The molecule has 0 aliphatic rings. The fourth-order valence-electron chi connectivity index (χ4n) is 2.06. The number of carboxylic acids is 1. The van der Waals surface area contributed by atoms with Gasteiger partial charge in [-0.25, -0.2) is 0 Å². The van der Waals surface area contributed by atoms with E-state index in [0.717, 1.165) is 38.0 Å². The van der Waals surface area contributed by atoms with Crippen LogP contribution in [0.25, 0.3) is 0 Å². The molecule has 0 heterocycles. The molecule has 0 aromatic carbocycles. The van der Waals surface area contributed by atoms with Gasteiger partial charge in [-0.3, -0.25) is 4.79 Å². The zero-order valence-corrected chi connectivity index (χ0v) is 14.9. The van der Waals surface area contributed by atoms with E-state index in [1.807, 2.05) is 0 Å².